The van der Waals surface area contributed by atoms with Gasteiger partial charge in [-0.25, -0.2) is 4.98 Å². The molecule has 0 atom stereocenters. The molecule has 1 fully saturated rings. The maximum Gasteiger partial charge on any atom is 0.250 e. The summed E-state index contributed by atoms with van der Waals surface area (Å²) in [5.41, 5.74) is 9.87. The Bertz CT molecular complexity index is 957. The van der Waals surface area contributed by atoms with Crippen LogP contribution in [-0.2, 0) is 6.54 Å². The van der Waals surface area contributed by atoms with Gasteiger partial charge in [0.2, 0.25) is 0 Å². The van der Waals surface area contributed by atoms with E-state index in [1.807, 2.05) is 30.5 Å². The molecule has 0 spiro atoms. The van der Waals surface area contributed by atoms with E-state index in [2.05, 4.69) is 14.9 Å². The maximum atomic E-state index is 11.9. The van der Waals surface area contributed by atoms with Crippen molar-refractivity contribution in [3.8, 4) is 11.4 Å². The van der Waals surface area contributed by atoms with Crippen molar-refractivity contribution in [2.45, 2.75) is 45.6 Å². The van der Waals surface area contributed by atoms with Gasteiger partial charge in [-0.15, -0.1) is 11.3 Å². The van der Waals surface area contributed by atoms with Gasteiger partial charge in [-0.3, -0.25) is 9.78 Å². The van der Waals surface area contributed by atoms with Crippen LogP contribution in [0.1, 0.15) is 48.2 Å². The lowest BCUT2D eigenvalue weighted by Crippen LogP contribution is -2.17. The quantitative estimate of drug-likeness (QED) is 0.631. The molecule has 146 valence electrons. The minimum Gasteiger partial charge on any atom is -0.366 e. The summed E-state index contributed by atoms with van der Waals surface area (Å²) in [5, 5.41) is 6.10. The number of carbonyl (C=O) groups is 1. The average molecular weight is 396 g/mol. The first kappa shape index (κ1) is 18.7. The number of amides is 1. The van der Waals surface area contributed by atoms with Crippen molar-refractivity contribution in [3.05, 3.63) is 47.2 Å². The van der Waals surface area contributed by atoms with Gasteiger partial charge in [0, 0.05) is 23.8 Å². The number of nitrogens with zero attached hydrogens (tertiary/aromatic N) is 3. The van der Waals surface area contributed by atoms with Crippen molar-refractivity contribution in [2.24, 2.45) is 11.7 Å². The van der Waals surface area contributed by atoms with Gasteiger partial charge in [-0.1, -0.05) is 19.3 Å². The number of thiazole rings is 1. The fourth-order valence-electron chi connectivity index (χ4n) is 3.98. The second-order valence-electron chi connectivity index (χ2n) is 7.41. The lowest BCUT2D eigenvalue weighted by Gasteiger charge is -2.24. The summed E-state index contributed by atoms with van der Waals surface area (Å²) in [4.78, 5) is 20.8. The van der Waals surface area contributed by atoms with E-state index in [1.165, 1.54) is 43.4 Å². The number of rotatable bonds is 6. The van der Waals surface area contributed by atoms with Crippen molar-refractivity contribution < 1.29 is 4.79 Å². The van der Waals surface area contributed by atoms with Gasteiger partial charge >= 0.3 is 0 Å². The predicted molar refractivity (Wildman–Crippen MR) is 113 cm³/mol. The third-order valence-corrected chi connectivity index (χ3v) is 6.23. The lowest BCUT2D eigenvalue weighted by molar-refractivity contribution is 0.0999. The fraction of sp³-hybridized carbons (Fsp3) is 0.381. The minimum atomic E-state index is -0.384. The second-order valence-corrected chi connectivity index (χ2v) is 8.27. The van der Waals surface area contributed by atoms with Gasteiger partial charge in [0.05, 0.1) is 28.8 Å². The van der Waals surface area contributed by atoms with E-state index >= 15 is 0 Å². The molecule has 0 aliphatic heterocycles. The molecule has 0 unspecified atom stereocenters. The highest BCUT2D eigenvalue weighted by Crippen LogP contribution is 2.33. The summed E-state index contributed by atoms with van der Waals surface area (Å²) >= 11 is 1.54. The SMILES string of the molecule is Cc1c(C(N)=O)cc(-c2csc(Nc3cccnc3)n2)n1CC1CCCCC1. The zero-order valence-corrected chi connectivity index (χ0v) is 16.8. The Labute approximate surface area is 168 Å². The Morgan fingerprint density at radius 3 is 2.89 bits per heavy atom. The van der Waals surface area contributed by atoms with Crippen LogP contribution in [0.3, 0.4) is 0 Å². The second kappa shape index (κ2) is 8.14. The Hall–Kier alpha value is -2.67. The van der Waals surface area contributed by atoms with Gasteiger partial charge < -0.3 is 15.6 Å². The molecule has 3 N–H and O–H groups in total. The molecule has 6 nitrogen and oxygen atoms in total. The monoisotopic (exact) mass is 395 g/mol. The molecule has 1 aliphatic carbocycles. The molecule has 3 heterocycles. The van der Waals surface area contributed by atoms with Gasteiger partial charge in [0.25, 0.3) is 5.91 Å². The highest BCUT2D eigenvalue weighted by atomic mass is 32.1. The highest BCUT2D eigenvalue weighted by Gasteiger charge is 2.22. The number of nitrogens with two attached hydrogens (primary N) is 1. The summed E-state index contributed by atoms with van der Waals surface area (Å²) in [6.45, 7) is 2.89. The first-order valence-corrected chi connectivity index (χ1v) is 10.6. The van der Waals surface area contributed by atoms with Crippen LogP contribution in [0.25, 0.3) is 11.4 Å². The van der Waals surface area contributed by atoms with Gasteiger partial charge in [-0.2, -0.15) is 0 Å². The van der Waals surface area contributed by atoms with Crippen LogP contribution in [0.2, 0.25) is 0 Å². The number of aromatic nitrogens is 3. The molecule has 1 aliphatic rings. The van der Waals surface area contributed by atoms with Crippen LogP contribution < -0.4 is 11.1 Å². The Kier molecular flexibility index (Phi) is 5.43. The smallest absolute Gasteiger partial charge is 0.250 e. The van der Waals surface area contributed by atoms with Crippen LogP contribution in [0.4, 0.5) is 10.8 Å². The van der Waals surface area contributed by atoms with E-state index in [4.69, 9.17) is 10.7 Å². The first-order chi connectivity index (χ1) is 13.6. The van der Waals surface area contributed by atoms with Crippen LogP contribution >= 0.6 is 11.3 Å². The zero-order chi connectivity index (χ0) is 19.5. The number of primary amides is 1. The van der Waals surface area contributed by atoms with Crippen molar-refractivity contribution >= 4 is 28.1 Å². The Morgan fingerprint density at radius 1 is 1.36 bits per heavy atom. The number of nitrogens with one attached hydrogen (secondary N) is 1. The first-order valence-electron chi connectivity index (χ1n) is 9.74. The molecular formula is C21H25N5OS. The highest BCUT2D eigenvalue weighted by molar-refractivity contribution is 7.14. The molecule has 4 rings (SSSR count). The van der Waals surface area contributed by atoms with Crippen LogP contribution in [0, 0.1) is 12.8 Å². The minimum absolute atomic E-state index is 0.384. The van der Waals surface area contributed by atoms with Gasteiger partial charge in [-0.05, 0) is 43.9 Å². The topological polar surface area (TPSA) is 85.8 Å². The van der Waals surface area contributed by atoms with Crippen LogP contribution in [0.15, 0.2) is 36.0 Å². The summed E-state index contributed by atoms with van der Waals surface area (Å²) in [6.07, 6.45) is 9.91. The number of hydrogen-bond acceptors (Lipinski definition) is 5. The number of hydrogen-bond donors (Lipinski definition) is 2. The zero-order valence-electron chi connectivity index (χ0n) is 16.0. The summed E-state index contributed by atoms with van der Waals surface area (Å²) < 4.78 is 2.24. The molecule has 0 saturated heterocycles. The molecule has 28 heavy (non-hydrogen) atoms. The average Bonchev–Trinajstić information content (AvgIpc) is 3.28. The Balaban J connectivity index is 1.64. The lowest BCUT2D eigenvalue weighted by atomic mass is 9.89. The van der Waals surface area contributed by atoms with E-state index < -0.39 is 0 Å². The van der Waals surface area contributed by atoms with Crippen molar-refractivity contribution in [3.63, 3.8) is 0 Å². The molecule has 3 aromatic rings. The molecule has 0 radical (unpaired) electrons. The largest absolute Gasteiger partial charge is 0.366 e. The number of carbonyl (C=O) groups excluding carboxylic acids is 1. The predicted octanol–water partition coefficient (Wildman–Crippen LogP) is 4.74. The summed E-state index contributed by atoms with van der Waals surface area (Å²) in [6, 6.07) is 5.73. The molecule has 0 bridgehead atoms. The number of anilines is 2. The summed E-state index contributed by atoms with van der Waals surface area (Å²) in [7, 11) is 0. The summed E-state index contributed by atoms with van der Waals surface area (Å²) in [5.74, 6) is 0.260. The number of pyridine rings is 1. The van der Waals surface area contributed by atoms with E-state index in [0.29, 0.717) is 11.5 Å². The molecule has 0 aromatic carbocycles. The molecule has 1 saturated carbocycles. The van der Waals surface area contributed by atoms with Crippen molar-refractivity contribution in [2.75, 3.05) is 5.32 Å². The normalized spacial score (nSPS) is 14.9. The third-order valence-electron chi connectivity index (χ3n) is 5.48. The standard InChI is InChI=1S/C21H25N5OS/c1-14-17(20(22)27)10-19(26(14)12-15-6-3-2-4-7-15)18-13-28-21(25-18)24-16-8-5-9-23-11-16/h5,8-11,13,15H,2-4,6-7,12H2,1H3,(H2,22,27)(H,24,25). The van der Waals surface area contributed by atoms with Gasteiger partial charge in [0.1, 0.15) is 0 Å². The van der Waals surface area contributed by atoms with Crippen molar-refractivity contribution in [1.29, 1.82) is 0 Å². The van der Waals surface area contributed by atoms with Crippen LogP contribution in [-0.4, -0.2) is 20.4 Å². The van der Waals surface area contributed by atoms with E-state index in [-0.39, 0.29) is 5.91 Å². The van der Waals surface area contributed by atoms with E-state index in [0.717, 1.165) is 34.4 Å². The molecule has 3 aromatic heterocycles. The maximum absolute atomic E-state index is 11.9. The molecule has 1 amide bonds. The van der Waals surface area contributed by atoms with E-state index in [9.17, 15) is 4.79 Å². The van der Waals surface area contributed by atoms with E-state index in [1.54, 1.807) is 12.4 Å². The van der Waals surface area contributed by atoms with Gasteiger partial charge in [0.15, 0.2) is 5.13 Å². The Morgan fingerprint density at radius 2 is 2.18 bits per heavy atom. The molecular weight excluding hydrogens is 370 g/mol. The third kappa shape index (κ3) is 3.94. The fourth-order valence-corrected chi connectivity index (χ4v) is 4.70. The van der Waals surface area contributed by atoms with Crippen molar-refractivity contribution in [1.82, 2.24) is 14.5 Å². The van der Waals surface area contributed by atoms with Crippen LogP contribution in [0.5, 0.6) is 0 Å². The molecule has 7 heteroatoms.